The van der Waals surface area contributed by atoms with E-state index in [4.69, 9.17) is 0 Å². The van der Waals surface area contributed by atoms with Gasteiger partial charge in [-0.05, 0) is 12.1 Å². The monoisotopic (exact) mass is 363 g/mol. The van der Waals surface area contributed by atoms with E-state index in [9.17, 15) is 36.3 Å². The van der Waals surface area contributed by atoms with Crippen LogP contribution in [0.3, 0.4) is 0 Å². The van der Waals surface area contributed by atoms with Gasteiger partial charge in [0.2, 0.25) is 5.91 Å². The number of hydrogen-bond donors (Lipinski definition) is 1. The zero-order valence-corrected chi connectivity index (χ0v) is 12.3. The molecule has 25 heavy (non-hydrogen) atoms. The maximum atomic E-state index is 13.4. The molecule has 1 heterocycles. The maximum Gasteiger partial charge on any atom is 0.406 e. The van der Waals surface area contributed by atoms with Crippen molar-refractivity contribution in [1.29, 1.82) is 0 Å². The molecule has 0 bridgehead atoms. The van der Waals surface area contributed by atoms with Crippen molar-refractivity contribution in [3.63, 3.8) is 0 Å². The van der Waals surface area contributed by atoms with E-state index in [2.05, 4.69) is 0 Å². The van der Waals surface area contributed by atoms with Crippen LogP contribution in [0.5, 0.6) is 0 Å². The van der Waals surface area contributed by atoms with Gasteiger partial charge in [0, 0.05) is 18.5 Å². The smallest absolute Gasteiger partial charge is 0.322 e. The first-order valence-electron chi connectivity index (χ1n) is 6.68. The van der Waals surface area contributed by atoms with Crippen LogP contribution in [0.1, 0.15) is 0 Å². The normalized spacial score (nSPS) is 11.4. The minimum absolute atomic E-state index is 0.156. The standard InChI is InChI=1S/C14H10F5N3O3/c15-8-1-2-9(16)10(5-8)20-11(23)6-21-3-4-22(7-14(17,18)19)13(25)12(21)24/h1-5H,6-7H2,(H,20,23). The van der Waals surface area contributed by atoms with Crippen LogP contribution >= 0.6 is 0 Å². The predicted octanol–water partition coefficient (Wildman–Crippen LogP) is 1.49. The quantitative estimate of drug-likeness (QED) is 0.661. The van der Waals surface area contributed by atoms with Crippen LogP contribution in [-0.2, 0) is 17.9 Å². The molecule has 11 heteroatoms. The SMILES string of the molecule is O=C(Cn1ccn(CC(F)(F)F)c(=O)c1=O)Nc1cc(F)ccc1F. The summed E-state index contributed by atoms with van der Waals surface area (Å²) in [6.45, 7) is -2.42. The molecule has 0 aliphatic carbocycles. The van der Waals surface area contributed by atoms with E-state index in [1.807, 2.05) is 5.32 Å². The lowest BCUT2D eigenvalue weighted by atomic mass is 10.3. The molecule has 0 saturated carbocycles. The van der Waals surface area contributed by atoms with Gasteiger partial charge < -0.3 is 9.88 Å². The highest BCUT2D eigenvalue weighted by atomic mass is 19.4. The molecule has 1 amide bonds. The zero-order valence-electron chi connectivity index (χ0n) is 12.3. The number of nitrogens with one attached hydrogen (secondary N) is 1. The largest absolute Gasteiger partial charge is 0.406 e. The van der Waals surface area contributed by atoms with E-state index in [-0.39, 0.29) is 4.57 Å². The Morgan fingerprint density at radius 1 is 1.04 bits per heavy atom. The number of benzene rings is 1. The van der Waals surface area contributed by atoms with E-state index < -0.39 is 53.6 Å². The number of alkyl halides is 3. The molecule has 0 atom stereocenters. The summed E-state index contributed by atoms with van der Waals surface area (Å²) in [6.07, 6.45) is -3.18. The van der Waals surface area contributed by atoms with Crippen LogP contribution < -0.4 is 16.4 Å². The molecule has 2 aromatic rings. The molecule has 0 saturated heterocycles. The van der Waals surface area contributed by atoms with Gasteiger partial charge in [0.25, 0.3) is 0 Å². The Hall–Kier alpha value is -2.98. The molecule has 6 nitrogen and oxygen atoms in total. The summed E-state index contributed by atoms with van der Waals surface area (Å²) in [6, 6.07) is 2.31. The minimum atomic E-state index is -4.70. The molecule has 1 N–H and O–H groups in total. The second-order valence-electron chi connectivity index (χ2n) is 4.95. The van der Waals surface area contributed by atoms with Crippen molar-refractivity contribution in [2.24, 2.45) is 0 Å². The van der Waals surface area contributed by atoms with Crippen LogP contribution in [0.4, 0.5) is 27.6 Å². The van der Waals surface area contributed by atoms with Gasteiger partial charge in [-0.2, -0.15) is 13.2 Å². The van der Waals surface area contributed by atoms with E-state index in [0.717, 1.165) is 18.3 Å². The lowest BCUT2D eigenvalue weighted by Crippen LogP contribution is -2.43. The van der Waals surface area contributed by atoms with Gasteiger partial charge >= 0.3 is 17.3 Å². The first kappa shape index (κ1) is 18.4. The third kappa shape index (κ3) is 4.75. The highest BCUT2D eigenvalue weighted by Crippen LogP contribution is 2.16. The fraction of sp³-hybridized carbons (Fsp3) is 0.214. The average Bonchev–Trinajstić information content (AvgIpc) is 2.49. The number of carbonyl (C=O) groups is 1. The Morgan fingerprint density at radius 2 is 1.64 bits per heavy atom. The van der Waals surface area contributed by atoms with E-state index in [1.54, 1.807) is 0 Å². The third-order valence-corrected chi connectivity index (χ3v) is 3.00. The van der Waals surface area contributed by atoms with Crippen LogP contribution in [0.25, 0.3) is 0 Å². The summed E-state index contributed by atoms with van der Waals surface area (Å²) < 4.78 is 64.0. The molecule has 0 aliphatic rings. The van der Waals surface area contributed by atoms with Gasteiger partial charge in [0.1, 0.15) is 24.7 Å². The van der Waals surface area contributed by atoms with Crippen molar-refractivity contribution in [3.8, 4) is 0 Å². The number of aromatic nitrogens is 2. The van der Waals surface area contributed by atoms with Crippen molar-refractivity contribution < 1.29 is 26.7 Å². The Labute approximate surface area is 136 Å². The Morgan fingerprint density at radius 3 is 2.28 bits per heavy atom. The lowest BCUT2D eigenvalue weighted by Gasteiger charge is -2.11. The summed E-state index contributed by atoms with van der Waals surface area (Å²) in [4.78, 5) is 35.1. The molecule has 0 spiro atoms. The molecular weight excluding hydrogens is 353 g/mol. The van der Waals surface area contributed by atoms with Crippen molar-refractivity contribution in [2.75, 3.05) is 5.32 Å². The number of rotatable bonds is 4. The van der Waals surface area contributed by atoms with Gasteiger partial charge in [-0.1, -0.05) is 0 Å². The van der Waals surface area contributed by atoms with Gasteiger partial charge in [0.15, 0.2) is 0 Å². The second kappa shape index (κ2) is 6.87. The van der Waals surface area contributed by atoms with Crippen molar-refractivity contribution in [1.82, 2.24) is 9.13 Å². The first-order valence-corrected chi connectivity index (χ1v) is 6.68. The van der Waals surface area contributed by atoms with E-state index in [1.165, 1.54) is 0 Å². The summed E-state index contributed by atoms with van der Waals surface area (Å²) in [5.74, 6) is -2.72. The maximum absolute atomic E-state index is 13.4. The fourth-order valence-electron chi connectivity index (χ4n) is 1.92. The van der Waals surface area contributed by atoms with Crippen LogP contribution in [0.15, 0.2) is 40.2 Å². The van der Waals surface area contributed by atoms with Crippen molar-refractivity contribution in [3.05, 3.63) is 62.9 Å². The van der Waals surface area contributed by atoms with Crippen LogP contribution in [0.2, 0.25) is 0 Å². The highest BCUT2D eigenvalue weighted by molar-refractivity contribution is 5.90. The van der Waals surface area contributed by atoms with E-state index in [0.29, 0.717) is 16.8 Å². The number of hydrogen-bond acceptors (Lipinski definition) is 3. The number of amides is 1. The topological polar surface area (TPSA) is 73.1 Å². The van der Waals surface area contributed by atoms with Gasteiger partial charge in [-0.3, -0.25) is 19.0 Å². The summed E-state index contributed by atoms with van der Waals surface area (Å²) >= 11 is 0. The molecular formula is C14H10F5N3O3. The Kier molecular flexibility index (Phi) is 5.04. The van der Waals surface area contributed by atoms with Gasteiger partial charge in [0.05, 0.1) is 5.69 Å². The molecule has 1 aromatic carbocycles. The minimum Gasteiger partial charge on any atom is -0.322 e. The average molecular weight is 363 g/mol. The zero-order chi connectivity index (χ0) is 18.8. The molecule has 0 fully saturated rings. The van der Waals surface area contributed by atoms with Crippen molar-refractivity contribution in [2.45, 2.75) is 19.3 Å². The first-order chi connectivity index (χ1) is 11.6. The Bertz CT molecular complexity index is 917. The fourth-order valence-corrected chi connectivity index (χ4v) is 1.92. The molecule has 0 unspecified atom stereocenters. The number of nitrogens with zero attached hydrogens (tertiary/aromatic N) is 2. The summed E-state index contributed by atoms with van der Waals surface area (Å²) in [5, 5.41) is 2.00. The summed E-state index contributed by atoms with van der Waals surface area (Å²) in [7, 11) is 0. The molecule has 1 aromatic heterocycles. The number of anilines is 1. The highest BCUT2D eigenvalue weighted by Gasteiger charge is 2.28. The second-order valence-corrected chi connectivity index (χ2v) is 4.95. The van der Waals surface area contributed by atoms with Crippen LogP contribution in [-0.4, -0.2) is 21.2 Å². The predicted molar refractivity (Wildman–Crippen MR) is 76.0 cm³/mol. The molecule has 134 valence electrons. The number of halogens is 5. The Balaban J connectivity index is 2.19. The molecule has 0 radical (unpaired) electrons. The van der Waals surface area contributed by atoms with Gasteiger partial charge in [-0.15, -0.1) is 0 Å². The summed E-state index contributed by atoms with van der Waals surface area (Å²) in [5.41, 5.74) is -3.31. The third-order valence-electron chi connectivity index (χ3n) is 3.00. The lowest BCUT2D eigenvalue weighted by molar-refractivity contribution is -0.141. The van der Waals surface area contributed by atoms with Crippen LogP contribution in [0, 0.1) is 11.6 Å². The molecule has 0 aliphatic heterocycles. The van der Waals surface area contributed by atoms with Crippen molar-refractivity contribution >= 4 is 11.6 Å². The molecule has 2 rings (SSSR count). The van der Waals surface area contributed by atoms with E-state index >= 15 is 0 Å². The van der Waals surface area contributed by atoms with Gasteiger partial charge in [-0.25, -0.2) is 8.78 Å². The number of carbonyl (C=O) groups excluding carboxylic acids is 1.